The summed E-state index contributed by atoms with van der Waals surface area (Å²) in [6, 6.07) is -0.860. The van der Waals surface area contributed by atoms with E-state index in [9.17, 15) is 9.59 Å². The minimum absolute atomic E-state index is 0.347. The van der Waals surface area contributed by atoms with Gasteiger partial charge in [0.2, 0.25) is 0 Å². The molecule has 1 heterocycles. The van der Waals surface area contributed by atoms with Crippen molar-refractivity contribution in [3.63, 3.8) is 0 Å². The molecule has 2 N–H and O–H groups in total. The van der Waals surface area contributed by atoms with Crippen LogP contribution < -0.4 is 5.32 Å². The molecule has 0 bridgehead atoms. The number of carboxylic acids is 1. The predicted octanol–water partition coefficient (Wildman–Crippen LogP) is 0.630. The van der Waals surface area contributed by atoms with Crippen molar-refractivity contribution < 1.29 is 14.7 Å². The fourth-order valence-corrected chi connectivity index (χ4v) is 1.67. The van der Waals surface area contributed by atoms with Gasteiger partial charge in [-0.25, -0.2) is 4.79 Å². The summed E-state index contributed by atoms with van der Waals surface area (Å²) in [5.74, 6) is -1.41. The third kappa shape index (κ3) is 2.64. The molecule has 0 aliphatic carbocycles. The van der Waals surface area contributed by atoms with E-state index in [1.165, 1.54) is 0 Å². The van der Waals surface area contributed by atoms with Gasteiger partial charge in [-0.3, -0.25) is 9.48 Å². The maximum atomic E-state index is 11.9. The average molecular weight is 239 g/mol. The molecule has 6 heteroatoms. The summed E-state index contributed by atoms with van der Waals surface area (Å²) in [6.45, 7) is 5.21. The highest BCUT2D eigenvalue weighted by molar-refractivity contribution is 5.98. The number of hydrogen-bond acceptors (Lipinski definition) is 3. The van der Waals surface area contributed by atoms with Crippen molar-refractivity contribution in [2.75, 3.05) is 0 Å². The van der Waals surface area contributed by atoms with Gasteiger partial charge < -0.3 is 10.4 Å². The lowest BCUT2D eigenvalue weighted by molar-refractivity contribution is -0.139. The van der Waals surface area contributed by atoms with Crippen molar-refractivity contribution >= 4 is 11.9 Å². The van der Waals surface area contributed by atoms with Crippen LogP contribution in [0.4, 0.5) is 0 Å². The lowest BCUT2D eigenvalue weighted by atomic mass is 10.1. The Morgan fingerprint density at radius 3 is 2.41 bits per heavy atom. The highest BCUT2D eigenvalue weighted by atomic mass is 16.4. The highest BCUT2D eigenvalue weighted by Crippen LogP contribution is 2.12. The Morgan fingerprint density at radius 1 is 1.47 bits per heavy atom. The second-order valence-corrected chi connectivity index (χ2v) is 3.94. The summed E-state index contributed by atoms with van der Waals surface area (Å²) >= 11 is 0. The molecule has 0 aliphatic rings. The number of amides is 1. The predicted molar refractivity (Wildman–Crippen MR) is 61.9 cm³/mol. The summed E-state index contributed by atoms with van der Waals surface area (Å²) in [7, 11) is 1.74. The van der Waals surface area contributed by atoms with Gasteiger partial charge in [-0.1, -0.05) is 6.92 Å². The molecule has 94 valence electrons. The summed E-state index contributed by atoms with van der Waals surface area (Å²) in [5, 5.41) is 15.5. The van der Waals surface area contributed by atoms with E-state index in [1.54, 1.807) is 32.5 Å². The zero-order chi connectivity index (χ0) is 13.2. The van der Waals surface area contributed by atoms with Gasteiger partial charge in [0.15, 0.2) is 0 Å². The third-order valence-corrected chi connectivity index (χ3v) is 2.75. The molecular formula is C11H17N3O3. The fourth-order valence-electron chi connectivity index (χ4n) is 1.67. The summed E-state index contributed by atoms with van der Waals surface area (Å²) < 4.78 is 1.60. The minimum Gasteiger partial charge on any atom is -0.480 e. The number of hydrogen-bond donors (Lipinski definition) is 2. The van der Waals surface area contributed by atoms with E-state index in [1.807, 2.05) is 0 Å². The molecule has 0 spiro atoms. The molecule has 1 atom stereocenters. The van der Waals surface area contributed by atoms with Crippen LogP contribution in [0.1, 0.15) is 35.1 Å². The van der Waals surface area contributed by atoms with Gasteiger partial charge in [-0.15, -0.1) is 0 Å². The van der Waals surface area contributed by atoms with Gasteiger partial charge in [0.05, 0.1) is 11.3 Å². The Balaban J connectivity index is 2.94. The topological polar surface area (TPSA) is 84.2 Å². The number of aromatic nitrogens is 2. The first-order valence-electron chi connectivity index (χ1n) is 5.42. The standard InChI is InChI=1S/C11H17N3O3/c1-5-8(11(16)17)12-10(15)9-6(2)13-14(4)7(9)3/h8H,5H2,1-4H3,(H,12,15)(H,16,17)/t8-/m1/s1. The molecule has 0 saturated carbocycles. The number of aliphatic carboxylic acids is 1. The molecule has 0 aromatic carbocycles. The maximum absolute atomic E-state index is 11.9. The number of nitrogens with one attached hydrogen (secondary N) is 1. The van der Waals surface area contributed by atoms with Crippen LogP contribution in [0.2, 0.25) is 0 Å². The molecule has 0 radical (unpaired) electrons. The smallest absolute Gasteiger partial charge is 0.326 e. The molecule has 0 aliphatic heterocycles. The van der Waals surface area contributed by atoms with Crippen LogP contribution in [-0.4, -0.2) is 32.8 Å². The Labute approximate surface area is 99.6 Å². The van der Waals surface area contributed by atoms with E-state index < -0.39 is 12.0 Å². The quantitative estimate of drug-likeness (QED) is 0.807. The van der Waals surface area contributed by atoms with E-state index in [0.717, 1.165) is 5.69 Å². The molecule has 0 fully saturated rings. The van der Waals surface area contributed by atoms with Crippen LogP contribution in [0.15, 0.2) is 0 Å². The van der Waals surface area contributed by atoms with E-state index in [0.29, 0.717) is 17.7 Å². The van der Waals surface area contributed by atoms with Crippen LogP contribution in [0.5, 0.6) is 0 Å². The van der Waals surface area contributed by atoms with E-state index >= 15 is 0 Å². The van der Waals surface area contributed by atoms with Gasteiger partial charge in [0, 0.05) is 12.7 Å². The number of rotatable bonds is 4. The van der Waals surface area contributed by atoms with E-state index in [-0.39, 0.29) is 5.91 Å². The van der Waals surface area contributed by atoms with Crippen LogP contribution in [-0.2, 0) is 11.8 Å². The molecule has 1 aromatic heterocycles. The maximum Gasteiger partial charge on any atom is 0.326 e. The fraction of sp³-hybridized carbons (Fsp3) is 0.545. The lowest BCUT2D eigenvalue weighted by Crippen LogP contribution is -2.40. The van der Waals surface area contributed by atoms with Crippen molar-refractivity contribution in [2.45, 2.75) is 33.2 Å². The van der Waals surface area contributed by atoms with Crippen molar-refractivity contribution in [1.82, 2.24) is 15.1 Å². The Bertz CT molecular complexity index is 451. The second-order valence-electron chi connectivity index (χ2n) is 3.94. The van der Waals surface area contributed by atoms with E-state index in [2.05, 4.69) is 10.4 Å². The van der Waals surface area contributed by atoms with Gasteiger partial charge in [-0.2, -0.15) is 5.10 Å². The Morgan fingerprint density at radius 2 is 2.06 bits per heavy atom. The Hall–Kier alpha value is -1.85. The third-order valence-electron chi connectivity index (χ3n) is 2.75. The zero-order valence-corrected chi connectivity index (χ0v) is 10.4. The first-order chi connectivity index (χ1) is 7.88. The monoisotopic (exact) mass is 239 g/mol. The van der Waals surface area contributed by atoms with Gasteiger partial charge in [0.25, 0.3) is 5.91 Å². The summed E-state index contributed by atoms with van der Waals surface area (Å²) in [6.07, 6.45) is 0.347. The summed E-state index contributed by atoms with van der Waals surface area (Å²) in [5.41, 5.74) is 1.77. The molecule has 6 nitrogen and oxygen atoms in total. The number of carboxylic acid groups (broad SMARTS) is 1. The molecule has 1 amide bonds. The molecule has 1 aromatic rings. The van der Waals surface area contributed by atoms with Crippen molar-refractivity contribution in [3.05, 3.63) is 17.0 Å². The normalized spacial score (nSPS) is 12.2. The average Bonchev–Trinajstić information content (AvgIpc) is 2.49. The molecule has 0 saturated heterocycles. The largest absolute Gasteiger partial charge is 0.480 e. The number of nitrogens with zero attached hydrogens (tertiary/aromatic N) is 2. The number of carbonyl (C=O) groups excluding carboxylic acids is 1. The van der Waals surface area contributed by atoms with Crippen molar-refractivity contribution in [1.29, 1.82) is 0 Å². The molecule has 1 rings (SSSR count). The number of carbonyl (C=O) groups is 2. The second kappa shape index (κ2) is 4.99. The van der Waals surface area contributed by atoms with Gasteiger partial charge in [-0.05, 0) is 20.3 Å². The van der Waals surface area contributed by atoms with Crippen LogP contribution in [0, 0.1) is 13.8 Å². The Kier molecular flexibility index (Phi) is 3.88. The summed E-state index contributed by atoms with van der Waals surface area (Å²) in [4.78, 5) is 22.8. The van der Waals surface area contributed by atoms with Gasteiger partial charge >= 0.3 is 5.97 Å². The molecular weight excluding hydrogens is 222 g/mol. The lowest BCUT2D eigenvalue weighted by Gasteiger charge is -2.12. The van der Waals surface area contributed by atoms with Crippen LogP contribution >= 0.6 is 0 Å². The molecule has 0 unspecified atom stereocenters. The van der Waals surface area contributed by atoms with Crippen LogP contribution in [0.3, 0.4) is 0 Å². The number of aryl methyl sites for hydroxylation is 2. The van der Waals surface area contributed by atoms with E-state index in [4.69, 9.17) is 5.11 Å². The van der Waals surface area contributed by atoms with Gasteiger partial charge in [0.1, 0.15) is 6.04 Å². The van der Waals surface area contributed by atoms with Crippen molar-refractivity contribution in [2.24, 2.45) is 7.05 Å². The first kappa shape index (κ1) is 13.2. The first-order valence-corrected chi connectivity index (χ1v) is 5.42. The zero-order valence-electron chi connectivity index (χ0n) is 10.4. The SMILES string of the molecule is CC[C@@H](NC(=O)c1c(C)nn(C)c1C)C(=O)O. The minimum atomic E-state index is -1.03. The van der Waals surface area contributed by atoms with Crippen molar-refractivity contribution in [3.8, 4) is 0 Å². The highest BCUT2D eigenvalue weighted by Gasteiger charge is 2.22. The molecule has 17 heavy (non-hydrogen) atoms. The van der Waals surface area contributed by atoms with Crippen LogP contribution in [0.25, 0.3) is 0 Å².